The molecule has 26 heavy (non-hydrogen) atoms. The Morgan fingerprint density at radius 2 is 1.96 bits per heavy atom. The number of hydrogen-bond acceptors (Lipinski definition) is 2. The summed E-state index contributed by atoms with van der Waals surface area (Å²) < 4.78 is 5.36. The van der Waals surface area contributed by atoms with E-state index in [4.69, 9.17) is 4.74 Å². The highest BCUT2D eigenvalue weighted by Crippen LogP contribution is 2.19. The number of ether oxygens (including phenoxy) is 1. The van der Waals surface area contributed by atoms with E-state index in [-0.39, 0.29) is 24.0 Å². The number of benzene rings is 1. The summed E-state index contributed by atoms with van der Waals surface area (Å²) in [6, 6.07) is 10.6. The van der Waals surface area contributed by atoms with Crippen LogP contribution >= 0.6 is 24.0 Å². The van der Waals surface area contributed by atoms with Crippen molar-refractivity contribution in [2.75, 3.05) is 39.9 Å². The topological polar surface area (TPSA) is 36.9 Å². The molecule has 5 heteroatoms. The molecule has 0 saturated carbocycles. The second-order valence-electron chi connectivity index (χ2n) is 6.61. The molecule has 0 aliphatic carbocycles. The minimum atomic E-state index is 0. The summed E-state index contributed by atoms with van der Waals surface area (Å²) in [7, 11) is 1.88. The van der Waals surface area contributed by atoms with Gasteiger partial charge in [-0.25, -0.2) is 0 Å². The highest BCUT2D eigenvalue weighted by atomic mass is 127. The lowest BCUT2D eigenvalue weighted by atomic mass is 10.0. The summed E-state index contributed by atoms with van der Waals surface area (Å²) in [5, 5.41) is 3.53. The lowest BCUT2D eigenvalue weighted by Crippen LogP contribution is -2.44. The van der Waals surface area contributed by atoms with Crippen molar-refractivity contribution in [3.05, 3.63) is 53.1 Å². The van der Waals surface area contributed by atoms with Crippen molar-refractivity contribution in [2.24, 2.45) is 4.99 Å². The van der Waals surface area contributed by atoms with Crippen LogP contribution in [0.1, 0.15) is 31.2 Å². The second-order valence-corrected chi connectivity index (χ2v) is 6.61. The van der Waals surface area contributed by atoms with E-state index >= 15 is 0 Å². The third kappa shape index (κ3) is 6.43. The maximum absolute atomic E-state index is 5.36. The zero-order valence-electron chi connectivity index (χ0n) is 15.6. The maximum Gasteiger partial charge on any atom is 0.193 e. The van der Waals surface area contributed by atoms with Crippen LogP contribution in [0.25, 0.3) is 6.08 Å². The molecule has 0 radical (unpaired) electrons. The first kappa shape index (κ1) is 21.0. The fraction of sp³-hybridized carbons (Fsp3) is 0.476. The van der Waals surface area contributed by atoms with Crippen LogP contribution in [0.2, 0.25) is 0 Å². The Morgan fingerprint density at radius 3 is 2.62 bits per heavy atom. The SMILES string of the molecule is CN=C(NCCC1=CCOCC1)N1CCC(=Cc2ccccc2)CC1.I. The quantitative estimate of drug-likeness (QED) is 0.314. The minimum Gasteiger partial charge on any atom is -0.377 e. The minimum absolute atomic E-state index is 0. The standard InChI is InChI=1S/C21H29N3O.HI/c1-22-21(23-12-7-18-10-15-25-16-11-18)24-13-8-20(9-14-24)17-19-5-3-2-4-6-19;/h2-6,10,17H,7-9,11-16H2,1H3,(H,22,23);1H. The van der Waals surface area contributed by atoms with E-state index in [0.717, 1.165) is 64.5 Å². The summed E-state index contributed by atoms with van der Waals surface area (Å²) >= 11 is 0. The molecule has 1 saturated heterocycles. The van der Waals surface area contributed by atoms with Gasteiger partial charge in [0.25, 0.3) is 0 Å². The number of nitrogens with zero attached hydrogens (tertiary/aromatic N) is 2. The molecule has 2 heterocycles. The number of hydrogen-bond donors (Lipinski definition) is 1. The highest BCUT2D eigenvalue weighted by molar-refractivity contribution is 14.0. The summed E-state index contributed by atoms with van der Waals surface area (Å²) in [6.45, 7) is 4.65. The van der Waals surface area contributed by atoms with E-state index < -0.39 is 0 Å². The van der Waals surface area contributed by atoms with Crippen LogP contribution in [0.4, 0.5) is 0 Å². The fourth-order valence-electron chi connectivity index (χ4n) is 3.39. The first-order valence-electron chi connectivity index (χ1n) is 9.31. The van der Waals surface area contributed by atoms with Gasteiger partial charge in [-0.15, -0.1) is 24.0 Å². The number of likely N-dealkylation sites (tertiary alicyclic amines) is 1. The van der Waals surface area contributed by atoms with Crippen molar-refractivity contribution in [1.29, 1.82) is 0 Å². The van der Waals surface area contributed by atoms with E-state index in [2.05, 4.69) is 57.7 Å². The molecule has 1 aromatic rings. The van der Waals surface area contributed by atoms with Crippen molar-refractivity contribution in [3.8, 4) is 0 Å². The molecule has 0 bridgehead atoms. The zero-order chi connectivity index (χ0) is 17.3. The van der Waals surface area contributed by atoms with E-state index in [9.17, 15) is 0 Å². The third-order valence-electron chi connectivity index (χ3n) is 4.87. The largest absolute Gasteiger partial charge is 0.377 e. The monoisotopic (exact) mass is 467 g/mol. The molecule has 1 aromatic carbocycles. The van der Waals surface area contributed by atoms with Crippen LogP contribution in [-0.4, -0.2) is 50.8 Å². The van der Waals surface area contributed by atoms with Gasteiger partial charge in [-0.2, -0.15) is 0 Å². The predicted octanol–water partition coefficient (Wildman–Crippen LogP) is 4.10. The van der Waals surface area contributed by atoms with Gasteiger partial charge in [-0.1, -0.05) is 53.6 Å². The molecule has 4 nitrogen and oxygen atoms in total. The van der Waals surface area contributed by atoms with Crippen molar-refractivity contribution in [1.82, 2.24) is 10.2 Å². The molecule has 2 aliphatic heterocycles. The number of piperidine rings is 1. The molecule has 0 unspecified atom stereocenters. The predicted molar refractivity (Wildman–Crippen MR) is 120 cm³/mol. The summed E-state index contributed by atoms with van der Waals surface area (Å²) in [6.07, 6.45) is 8.92. The normalized spacial score (nSPS) is 18.0. The van der Waals surface area contributed by atoms with Crippen molar-refractivity contribution in [2.45, 2.75) is 25.7 Å². The summed E-state index contributed by atoms with van der Waals surface area (Å²) in [5.74, 6) is 1.03. The Morgan fingerprint density at radius 1 is 1.19 bits per heavy atom. The molecule has 142 valence electrons. The van der Waals surface area contributed by atoms with E-state index in [1.807, 2.05) is 7.05 Å². The van der Waals surface area contributed by atoms with Crippen LogP contribution in [0.3, 0.4) is 0 Å². The molecule has 3 rings (SSSR count). The van der Waals surface area contributed by atoms with Crippen molar-refractivity contribution >= 4 is 36.0 Å². The molecule has 0 spiro atoms. The molecule has 0 aromatic heterocycles. The number of guanidine groups is 1. The molecule has 0 amide bonds. The van der Waals surface area contributed by atoms with Gasteiger partial charge in [0.1, 0.15) is 0 Å². The zero-order valence-corrected chi connectivity index (χ0v) is 17.9. The lowest BCUT2D eigenvalue weighted by Gasteiger charge is -2.31. The van der Waals surface area contributed by atoms with Gasteiger partial charge in [0.05, 0.1) is 13.2 Å². The first-order valence-corrected chi connectivity index (χ1v) is 9.31. The second kappa shape index (κ2) is 11.4. The van der Waals surface area contributed by atoms with Gasteiger partial charge in [0, 0.05) is 26.7 Å². The Balaban J connectivity index is 0.00000243. The van der Waals surface area contributed by atoms with Gasteiger partial charge < -0.3 is 15.0 Å². The van der Waals surface area contributed by atoms with Gasteiger partial charge in [0.2, 0.25) is 0 Å². The molecular weight excluding hydrogens is 437 g/mol. The van der Waals surface area contributed by atoms with Crippen molar-refractivity contribution in [3.63, 3.8) is 0 Å². The number of aliphatic imine (C=N–C) groups is 1. The average molecular weight is 467 g/mol. The van der Waals surface area contributed by atoms with E-state index in [1.54, 1.807) is 0 Å². The first-order chi connectivity index (χ1) is 12.3. The van der Waals surface area contributed by atoms with Crippen LogP contribution < -0.4 is 5.32 Å². The van der Waals surface area contributed by atoms with Gasteiger partial charge in [-0.05, 0) is 31.2 Å². The van der Waals surface area contributed by atoms with Crippen LogP contribution in [-0.2, 0) is 4.74 Å². The Bertz CT molecular complexity index is 630. The fourth-order valence-corrected chi connectivity index (χ4v) is 3.39. The number of halogens is 1. The van der Waals surface area contributed by atoms with Crippen molar-refractivity contribution < 1.29 is 4.74 Å². The molecular formula is C21H30IN3O. The Kier molecular flexibility index (Phi) is 9.18. The van der Waals surface area contributed by atoms with Crippen LogP contribution in [0, 0.1) is 0 Å². The lowest BCUT2D eigenvalue weighted by molar-refractivity contribution is 0.153. The summed E-state index contributed by atoms with van der Waals surface area (Å²) in [5.41, 5.74) is 4.34. The maximum atomic E-state index is 5.36. The van der Waals surface area contributed by atoms with Gasteiger partial charge in [0.15, 0.2) is 5.96 Å². The van der Waals surface area contributed by atoms with Gasteiger partial charge >= 0.3 is 0 Å². The average Bonchev–Trinajstić information content (AvgIpc) is 2.68. The Hall–Kier alpha value is -1.34. The molecule has 0 atom stereocenters. The molecule has 1 N–H and O–H groups in total. The number of nitrogens with one attached hydrogen (secondary N) is 1. The summed E-state index contributed by atoms with van der Waals surface area (Å²) in [4.78, 5) is 6.85. The smallest absolute Gasteiger partial charge is 0.193 e. The van der Waals surface area contributed by atoms with Crippen LogP contribution in [0.15, 0.2) is 52.5 Å². The third-order valence-corrected chi connectivity index (χ3v) is 4.87. The highest BCUT2D eigenvalue weighted by Gasteiger charge is 2.17. The molecule has 1 fully saturated rings. The van der Waals surface area contributed by atoms with E-state index in [1.165, 1.54) is 16.7 Å². The van der Waals surface area contributed by atoms with Crippen LogP contribution in [0.5, 0.6) is 0 Å². The van der Waals surface area contributed by atoms with Gasteiger partial charge in [-0.3, -0.25) is 4.99 Å². The van der Waals surface area contributed by atoms with E-state index in [0.29, 0.717) is 0 Å². The number of rotatable bonds is 4. The molecule has 2 aliphatic rings. The Labute approximate surface area is 174 Å².